The van der Waals surface area contributed by atoms with E-state index in [1.807, 2.05) is 26.0 Å². The van der Waals surface area contributed by atoms with Crippen LogP contribution in [-0.2, 0) is 9.59 Å². The molecule has 1 fully saturated rings. The van der Waals surface area contributed by atoms with Crippen molar-refractivity contribution in [2.45, 2.75) is 39.2 Å². The normalized spacial score (nSPS) is 18.1. The monoisotopic (exact) mass is 411 g/mol. The second-order valence-electron chi connectivity index (χ2n) is 7.27. The fraction of sp³-hybridized carbons (Fsp3) is 0.333. The van der Waals surface area contributed by atoms with Crippen LogP contribution in [0.4, 0.5) is 4.39 Å². The van der Waals surface area contributed by atoms with Gasteiger partial charge in [-0.3, -0.25) is 9.59 Å². The van der Waals surface area contributed by atoms with E-state index in [9.17, 15) is 19.1 Å². The fourth-order valence-electron chi connectivity index (χ4n) is 3.54. The van der Waals surface area contributed by atoms with E-state index in [0.717, 1.165) is 19.3 Å². The molecule has 2 aromatic carbocycles. The van der Waals surface area contributed by atoms with E-state index in [4.69, 9.17) is 4.74 Å². The van der Waals surface area contributed by atoms with Crippen LogP contribution in [0.5, 0.6) is 5.75 Å². The van der Waals surface area contributed by atoms with Gasteiger partial charge in [0.15, 0.2) is 0 Å². The summed E-state index contributed by atoms with van der Waals surface area (Å²) in [6.07, 6.45) is 2.43. The molecule has 6 heteroatoms. The number of benzene rings is 2. The zero-order valence-corrected chi connectivity index (χ0v) is 17.2. The third-order valence-electron chi connectivity index (χ3n) is 5.06. The zero-order valence-electron chi connectivity index (χ0n) is 17.2. The highest BCUT2D eigenvalue weighted by Gasteiger charge is 2.45. The zero-order chi connectivity index (χ0) is 21.7. The first-order valence-corrected chi connectivity index (χ1v) is 10.2. The lowest BCUT2D eigenvalue weighted by Crippen LogP contribution is -2.30. The summed E-state index contributed by atoms with van der Waals surface area (Å²) in [5, 5.41) is 10.9. The summed E-state index contributed by atoms with van der Waals surface area (Å²) in [6, 6.07) is 11.7. The van der Waals surface area contributed by atoms with Gasteiger partial charge in [0.25, 0.3) is 11.7 Å². The summed E-state index contributed by atoms with van der Waals surface area (Å²) >= 11 is 0. The standard InChI is InChI=1S/C24H26FNO4/c1-3-5-13-26-21(17-7-6-8-19(15-17)30-14-4-2)20(23(28)24(26)29)22(27)16-9-11-18(25)12-10-16/h6-12,15,21,27H,3-5,13-14H2,1-2H3/b22-20-. The van der Waals surface area contributed by atoms with Crippen LogP contribution in [0, 0.1) is 5.82 Å². The molecule has 0 spiro atoms. The van der Waals surface area contributed by atoms with Gasteiger partial charge in [-0.1, -0.05) is 32.4 Å². The van der Waals surface area contributed by atoms with Crippen molar-refractivity contribution in [1.82, 2.24) is 4.90 Å². The van der Waals surface area contributed by atoms with Crippen molar-refractivity contribution in [2.75, 3.05) is 13.2 Å². The number of hydrogen-bond donors (Lipinski definition) is 1. The Morgan fingerprint density at radius 1 is 1.10 bits per heavy atom. The first kappa shape index (κ1) is 21.6. The molecule has 2 aromatic rings. The van der Waals surface area contributed by atoms with Gasteiger partial charge in [0, 0.05) is 12.1 Å². The minimum Gasteiger partial charge on any atom is -0.507 e. The number of likely N-dealkylation sites (tertiary alicyclic amines) is 1. The summed E-state index contributed by atoms with van der Waals surface area (Å²) in [4.78, 5) is 27.2. The molecule has 1 atom stereocenters. The first-order chi connectivity index (χ1) is 14.5. The molecule has 0 aliphatic carbocycles. The second kappa shape index (κ2) is 9.57. The van der Waals surface area contributed by atoms with Crippen molar-refractivity contribution in [3.63, 3.8) is 0 Å². The maximum atomic E-state index is 13.3. The number of aliphatic hydroxyl groups excluding tert-OH is 1. The maximum absolute atomic E-state index is 13.3. The number of rotatable bonds is 8. The Balaban J connectivity index is 2.11. The molecule has 1 unspecified atom stereocenters. The number of hydrogen-bond acceptors (Lipinski definition) is 4. The molecule has 0 aromatic heterocycles. The van der Waals surface area contributed by atoms with Crippen LogP contribution < -0.4 is 4.74 Å². The molecule has 158 valence electrons. The molecule has 1 amide bonds. The number of halogens is 1. The Labute approximate surface area is 175 Å². The number of Topliss-reactive ketones (excluding diaryl/α,β-unsaturated/α-hetero) is 1. The average Bonchev–Trinajstić information content (AvgIpc) is 3.01. The Morgan fingerprint density at radius 2 is 1.83 bits per heavy atom. The van der Waals surface area contributed by atoms with E-state index >= 15 is 0 Å². The van der Waals surface area contributed by atoms with Gasteiger partial charge in [-0.2, -0.15) is 0 Å². The van der Waals surface area contributed by atoms with E-state index < -0.39 is 23.5 Å². The second-order valence-corrected chi connectivity index (χ2v) is 7.27. The molecule has 1 saturated heterocycles. The molecule has 3 rings (SSSR count). The van der Waals surface area contributed by atoms with E-state index in [1.165, 1.54) is 29.2 Å². The molecule has 30 heavy (non-hydrogen) atoms. The van der Waals surface area contributed by atoms with Crippen LogP contribution >= 0.6 is 0 Å². The maximum Gasteiger partial charge on any atom is 0.295 e. The van der Waals surface area contributed by atoms with E-state index in [-0.39, 0.29) is 16.9 Å². The predicted molar refractivity (Wildman–Crippen MR) is 113 cm³/mol. The highest BCUT2D eigenvalue weighted by Crippen LogP contribution is 2.40. The number of ether oxygens (including phenoxy) is 1. The highest BCUT2D eigenvalue weighted by molar-refractivity contribution is 6.46. The van der Waals surface area contributed by atoms with Gasteiger partial charge in [-0.15, -0.1) is 0 Å². The minimum absolute atomic E-state index is 0.00959. The van der Waals surface area contributed by atoms with Gasteiger partial charge in [-0.25, -0.2) is 4.39 Å². The van der Waals surface area contributed by atoms with Gasteiger partial charge in [-0.05, 0) is 54.8 Å². The molecular weight excluding hydrogens is 385 g/mol. The van der Waals surface area contributed by atoms with Gasteiger partial charge in [0.1, 0.15) is 17.3 Å². The number of carbonyl (C=O) groups is 2. The Kier molecular flexibility index (Phi) is 6.87. The van der Waals surface area contributed by atoms with Crippen molar-refractivity contribution in [2.24, 2.45) is 0 Å². The number of ketones is 1. The molecule has 1 aliphatic rings. The van der Waals surface area contributed by atoms with Crippen molar-refractivity contribution >= 4 is 17.4 Å². The van der Waals surface area contributed by atoms with Crippen LogP contribution in [0.2, 0.25) is 0 Å². The predicted octanol–water partition coefficient (Wildman–Crippen LogP) is 4.84. The number of amides is 1. The summed E-state index contributed by atoms with van der Waals surface area (Å²) < 4.78 is 19.0. The Hall–Kier alpha value is -3.15. The minimum atomic E-state index is -0.738. The van der Waals surface area contributed by atoms with Crippen LogP contribution in [0.25, 0.3) is 5.76 Å². The topological polar surface area (TPSA) is 66.8 Å². The van der Waals surface area contributed by atoms with Crippen molar-refractivity contribution in [3.8, 4) is 5.75 Å². The molecular formula is C24H26FNO4. The smallest absolute Gasteiger partial charge is 0.295 e. The van der Waals surface area contributed by atoms with E-state index in [2.05, 4.69) is 0 Å². The number of nitrogens with zero attached hydrogens (tertiary/aromatic N) is 1. The molecule has 5 nitrogen and oxygen atoms in total. The molecule has 0 saturated carbocycles. The molecule has 0 radical (unpaired) electrons. The number of carbonyl (C=O) groups excluding carboxylic acids is 2. The van der Waals surface area contributed by atoms with Gasteiger partial charge >= 0.3 is 0 Å². The summed E-state index contributed by atoms with van der Waals surface area (Å²) in [7, 11) is 0. The largest absolute Gasteiger partial charge is 0.507 e. The first-order valence-electron chi connectivity index (χ1n) is 10.2. The van der Waals surface area contributed by atoms with Crippen molar-refractivity contribution < 1.29 is 23.8 Å². The summed E-state index contributed by atoms with van der Waals surface area (Å²) in [6.45, 7) is 4.95. The average molecular weight is 411 g/mol. The van der Waals surface area contributed by atoms with Crippen molar-refractivity contribution in [3.05, 3.63) is 71.0 Å². The van der Waals surface area contributed by atoms with Gasteiger partial charge in [0.05, 0.1) is 18.2 Å². The fourth-order valence-corrected chi connectivity index (χ4v) is 3.54. The lowest BCUT2D eigenvalue weighted by atomic mass is 9.95. The van der Waals surface area contributed by atoms with Crippen molar-refractivity contribution in [1.29, 1.82) is 0 Å². The Morgan fingerprint density at radius 3 is 2.50 bits per heavy atom. The third-order valence-corrected chi connectivity index (χ3v) is 5.06. The van der Waals surface area contributed by atoms with Crippen LogP contribution in [0.15, 0.2) is 54.1 Å². The SMILES string of the molecule is CCCCN1C(=O)C(=O)/C(=C(\O)c2ccc(F)cc2)C1c1cccc(OCCC)c1. The highest BCUT2D eigenvalue weighted by atomic mass is 19.1. The molecule has 1 aliphatic heterocycles. The van der Waals surface area contributed by atoms with E-state index in [1.54, 1.807) is 12.1 Å². The van der Waals surface area contributed by atoms with Crippen LogP contribution in [-0.4, -0.2) is 34.8 Å². The quantitative estimate of drug-likeness (QED) is 0.384. The lowest BCUT2D eigenvalue weighted by molar-refractivity contribution is -0.139. The van der Waals surface area contributed by atoms with E-state index in [0.29, 0.717) is 24.5 Å². The lowest BCUT2D eigenvalue weighted by Gasteiger charge is -2.25. The molecule has 0 bridgehead atoms. The number of aliphatic hydroxyl groups is 1. The Bertz CT molecular complexity index is 952. The third kappa shape index (κ3) is 4.37. The van der Waals surface area contributed by atoms with Crippen LogP contribution in [0.1, 0.15) is 50.3 Å². The molecule has 1 N–H and O–H groups in total. The summed E-state index contributed by atoms with van der Waals surface area (Å²) in [5.74, 6) is -1.50. The van der Waals surface area contributed by atoms with Gasteiger partial charge < -0.3 is 14.7 Å². The number of unbranched alkanes of at least 4 members (excludes halogenated alkanes) is 1. The van der Waals surface area contributed by atoms with Gasteiger partial charge in [0.2, 0.25) is 0 Å². The molecule has 1 heterocycles. The van der Waals surface area contributed by atoms with Crippen LogP contribution in [0.3, 0.4) is 0 Å². The summed E-state index contributed by atoms with van der Waals surface area (Å²) in [5.41, 5.74) is 0.978.